The van der Waals surface area contributed by atoms with Crippen LogP contribution in [0, 0.1) is 10.1 Å². The second-order valence-corrected chi connectivity index (χ2v) is 7.88. The maximum Gasteiger partial charge on any atom is 0.271 e. The average molecular weight is 378 g/mol. The first-order valence-corrected chi connectivity index (χ1v) is 9.53. The van der Waals surface area contributed by atoms with Gasteiger partial charge in [0.1, 0.15) is 5.75 Å². The molecule has 2 rings (SSSR count). The Balaban J connectivity index is 2.42. The van der Waals surface area contributed by atoms with Gasteiger partial charge in [-0.2, -0.15) is 0 Å². The Hall–Kier alpha value is -2.94. The molecule has 0 radical (unpaired) electrons. The number of carbonyl (C=O) groups excluding carboxylic acids is 1. The van der Waals surface area contributed by atoms with E-state index < -0.39 is 26.4 Å². The standard InChI is InChI=1S/C17H18N2O6S/c1-11(2)25-16-7-5-4-6-15(16)18-17(20)12-8-13(19(21)22)10-14(9-12)26(3,23)24/h4-11H,1-3H3,(H,18,20). The van der Waals surface area contributed by atoms with Gasteiger partial charge in [-0.05, 0) is 32.0 Å². The summed E-state index contributed by atoms with van der Waals surface area (Å²) in [6.45, 7) is 3.66. The van der Waals surface area contributed by atoms with Gasteiger partial charge in [-0.3, -0.25) is 14.9 Å². The molecule has 8 nitrogen and oxygen atoms in total. The predicted octanol–water partition coefficient (Wildman–Crippen LogP) is 3.04. The Morgan fingerprint density at radius 1 is 1.19 bits per heavy atom. The highest BCUT2D eigenvalue weighted by molar-refractivity contribution is 7.90. The van der Waals surface area contributed by atoms with Crippen LogP contribution in [0.2, 0.25) is 0 Å². The number of ether oxygens (including phenoxy) is 1. The number of nitro benzene ring substituents is 1. The molecule has 0 atom stereocenters. The molecule has 0 heterocycles. The van der Waals surface area contributed by atoms with Gasteiger partial charge in [-0.15, -0.1) is 0 Å². The van der Waals surface area contributed by atoms with Crippen molar-refractivity contribution in [3.05, 3.63) is 58.1 Å². The lowest BCUT2D eigenvalue weighted by atomic mass is 10.2. The van der Waals surface area contributed by atoms with Gasteiger partial charge in [0.25, 0.3) is 11.6 Å². The molecule has 0 aromatic heterocycles. The number of sulfone groups is 1. The number of nitrogens with zero attached hydrogens (tertiary/aromatic N) is 1. The van der Waals surface area contributed by atoms with Crippen molar-refractivity contribution in [3.63, 3.8) is 0 Å². The Kier molecular flexibility index (Phi) is 5.61. The van der Waals surface area contributed by atoms with Crippen molar-refractivity contribution in [2.24, 2.45) is 0 Å². The molecule has 0 aliphatic rings. The molecule has 138 valence electrons. The first-order chi connectivity index (χ1) is 12.1. The number of para-hydroxylation sites is 2. The lowest BCUT2D eigenvalue weighted by molar-refractivity contribution is -0.385. The van der Waals surface area contributed by atoms with E-state index in [1.807, 2.05) is 13.8 Å². The van der Waals surface area contributed by atoms with E-state index in [-0.39, 0.29) is 16.6 Å². The molecule has 0 aliphatic heterocycles. The SMILES string of the molecule is CC(C)Oc1ccccc1NC(=O)c1cc([N+](=O)[O-])cc(S(C)(=O)=O)c1. The van der Waals surface area contributed by atoms with Crippen molar-refractivity contribution in [2.45, 2.75) is 24.8 Å². The van der Waals surface area contributed by atoms with Crippen molar-refractivity contribution >= 4 is 27.1 Å². The lowest BCUT2D eigenvalue weighted by Crippen LogP contribution is -2.15. The summed E-state index contributed by atoms with van der Waals surface area (Å²) in [5, 5.41) is 13.6. The van der Waals surface area contributed by atoms with Gasteiger partial charge in [-0.25, -0.2) is 8.42 Å². The first kappa shape index (κ1) is 19.4. The number of nitro groups is 1. The van der Waals surface area contributed by atoms with Gasteiger partial charge in [-0.1, -0.05) is 12.1 Å². The average Bonchev–Trinajstić information content (AvgIpc) is 2.54. The minimum atomic E-state index is -3.72. The Morgan fingerprint density at radius 3 is 2.42 bits per heavy atom. The molecular formula is C17H18N2O6S. The van der Waals surface area contributed by atoms with Crippen molar-refractivity contribution in [1.82, 2.24) is 0 Å². The number of hydrogen-bond acceptors (Lipinski definition) is 6. The van der Waals surface area contributed by atoms with Crippen LogP contribution in [0.5, 0.6) is 5.75 Å². The van der Waals surface area contributed by atoms with Gasteiger partial charge in [0.2, 0.25) is 0 Å². The van der Waals surface area contributed by atoms with Crippen molar-refractivity contribution in [2.75, 3.05) is 11.6 Å². The maximum atomic E-state index is 12.5. The summed E-state index contributed by atoms with van der Waals surface area (Å²) in [5.74, 6) is -0.247. The summed E-state index contributed by atoms with van der Waals surface area (Å²) >= 11 is 0. The zero-order chi connectivity index (χ0) is 19.5. The van der Waals surface area contributed by atoms with E-state index in [9.17, 15) is 23.3 Å². The molecule has 1 N–H and O–H groups in total. The smallest absolute Gasteiger partial charge is 0.271 e. The fraction of sp³-hybridized carbons (Fsp3) is 0.235. The van der Waals surface area contributed by atoms with E-state index >= 15 is 0 Å². The zero-order valence-electron chi connectivity index (χ0n) is 14.4. The Morgan fingerprint density at radius 2 is 1.85 bits per heavy atom. The second-order valence-electron chi connectivity index (χ2n) is 5.86. The fourth-order valence-corrected chi connectivity index (χ4v) is 2.83. The molecule has 0 unspecified atom stereocenters. The van der Waals surface area contributed by atoms with Crippen molar-refractivity contribution in [1.29, 1.82) is 0 Å². The van der Waals surface area contributed by atoms with Gasteiger partial charge in [0, 0.05) is 24.0 Å². The van der Waals surface area contributed by atoms with E-state index in [2.05, 4.69) is 5.32 Å². The molecule has 0 spiro atoms. The molecule has 0 bridgehead atoms. The number of hydrogen-bond donors (Lipinski definition) is 1. The molecule has 9 heteroatoms. The number of carbonyl (C=O) groups is 1. The van der Waals surface area contributed by atoms with Crippen LogP contribution < -0.4 is 10.1 Å². The number of non-ortho nitro benzene ring substituents is 1. The minimum Gasteiger partial charge on any atom is -0.489 e. The highest BCUT2D eigenvalue weighted by Crippen LogP contribution is 2.27. The van der Waals surface area contributed by atoms with Crippen LogP contribution >= 0.6 is 0 Å². The monoisotopic (exact) mass is 378 g/mol. The number of anilines is 1. The van der Waals surface area contributed by atoms with Gasteiger partial charge >= 0.3 is 0 Å². The fourth-order valence-electron chi connectivity index (χ4n) is 2.16. The normalized spacial score (nSPS) is 11.2. The summed E-state index contributed by atoms with van der Waals surface area (Å²) in [6.07, 6.45) is 0.794. The van der Waals surface area contributed by atoms with Crippen LogP contribution in [-0.2, 0) is 9.84 Å². The predicted molar refractivity (Wildman–Crippen MR) is 96.4 cm³/mol. The third kappa shape index (κ3) is 4.79. The third-order valence-corrected chi connectivity index (χ3v) is 4.38. The molecule has 0 fully saturated rings. The third-order valence-electron chi connectivity index (χ3n) is 3.29. The topological polar surface area (TPSA) is 116 Å². The minimum absolute atomic E-state index is 0.122. The molecule has 1 amide bonds. The molecule has 2 aromatic carbocycles. The van der Waals surface area contributed by atoms with E-state index in [1.165, 1.54) is 0 Å². The maximum absolute atomic E-state index is 12.5. The van der Waals surface area contributed by atoms with Gasteiger partial charge in [0.15, 0.2) is 9.84 Å². The Bertz CT molecular complexity index is 953. The summed E-state index contributed by atoms with van der Waals surface area (Å²) in [6, 6.07) is 9.76. The number of amides is 1. The van der Waals surface area contributed by atoms with E-state index in [0.29, 0.717) is 11.4 Å². The van der Waals surface area contributed by atoms with Crippen molar-refractivity contribution < 1.29 is 22.9 Å². The van der Waals surface area contributed by atoms with Crippen LogP contribution in [0.1, 0.15) is 24.2 Å². The van der Waals surface area contributed by atoms with Crippen LogP contribution in [0.3, 0.4) is 0 Å². The number of benzene rings is 2. The number of nitrogens with one attached hydrogen (secondary N) is 1. The zero-order valence-corrected chi connectivity index (χ0v) is 15.2. The summed E-state index contributed by atoms with van der Waals surface area (Å²) in [4.78, 5) is 22.5. The van der Waals surface area contributed by atoms with Crippen LogP contribution in [-0.4, -0.2) is 31.6 Å². The number of rotatable bonds is 6. The van der Waals surface area contributed by atoms with Crippen molar-refractivity contribution in [3.8, 4) is 5.75 Å². The van der Waals surface area contributed by atoms with Crippen LogP contribution in [0.15, 0.2) is 47.4 Å². The van der Waals surface area contributed by atoms with Gasteiger partial charge in [0.05, 0.1) is 21.6 Å². The van der Waals surface area contributed by atoms with Crippen LogP contribution in [0.25, 0.3) is 0 Å². The van der Waals surface area contributed by atoms with E-state index in [4.69, 9.17) is 4.74 Å². The second kappa shape index (κ2) is 7.52. The molecule has 0 saturated heterocycles. The first-order valence-electron chi connectivity index (χ1n) is 7.64. The summed E-state index contributed by atoms with van der Waals surface area (Å²) in [7, 11) is -3.72. The largest absolute Gasteiger partial charge is 0.489 e. The van der Waals surface area contributed by atoms with E-state index in [0.717, 1.165) is 24.5 Å². The molecule has 0 aliphatic carbocycles. The molecular weight excluding hydrogens is 360 g/mol. The lowest BCUT2D eigenvalue weighted by Gasteiger charge is -2.15. The summed E-state index contributed by atoms with van der Waals surface area (Å²) in [5.41, 5.74) is -0.248. The van der Waals surface area contributed by atoms with Crippen LogP contribution in [0.4, 0.5) is 11.4 Å². The quantitative estimate of drug-likeness (QED) is 0.610. The van der Waals surface area contributed by atoms with E-state index in [1.54, 1.807) is 24.3 Å². The highest BCUT2D eigenvalue weighted by atomic mass is 32.2. The highest BCUT2D eigenvalue weighted by Gasteiger charge is 2.20. The molecule has 2 aromatic rings. The molecule has 0 saturated carbocycles. The van der Waals surface area contributed by atoms with Gasteiger partial charge < -0.3 is 10.1 Å². The Labute approximate surface area is 150 Å². The summed E-state index contributed by atoms with van der Waals surface area (Å²) < 4.78 is 29.1. The molecule has 26 heavy (non-hydrogen) atoms.